The highest BCUT2D eigenvalue weighted by molar-refractivity contribution is 6.30. The highest BCUT2D eigenvalue weighted by Crippen LogP contribution is 2.19. The number of ether oxygens (including phenoxy) is 2. The molecule has 1 fully saturated rings. The second-order valence-corrected chi connectivity index (χ2v) is 3.81. The topological polar surface area (TPSA) is 44.2 Å². The molecule has 1 saturated heterocycles. The SMILES string of the molecule is Clc1nccnc1OCC1CCCCO1. The Morgan fingerprint density at radius 2 is 2.27 bits per heavy atom. The van der Waals surface area contributed by atoms with Crippen LogP contribution in [0.3, 0.4) is 0 Å². The van der Waals surface area contributed by atoms with Crippen LogP contribution in [0.5, 0.6) is 5.88 Å². The van der Waals surface area contributed by atoms with E-state index in [0.29, 0.717) is 17.6 Å². The quantitative estimate of drug-likeness (QED) is 0.795. The third-order valence-corrected chi connectivity index (χ3v) is 2.56. The van der Waals surface area contributed by atoms with E-state index in [2.05, 4.69) is 9.97 Å². The minimum Gasteiger partial charge on any atom is -0.473 e. The number of rotatable bonds is 3. The second-order valence-electron chi connectivity index (χ2n) is 3.45. The van der Waals surface area contributed by atoms with Gasteiger partial charge in [-0.1, -0.05) is 11.6 Å². The molecule has 82 valence electrons. The number of nitrogens with zero attached hydrogens (tertiary/aromatic N) is 2. The molecular weight excluding hydrogens is 216 g/mol. The maximum atomic E-state index is 5.80. The summed E-state index contributed by atoms with van der Waals surface area (Å²) in [5.74, 6) is 0.383. The van der Waals surface area contributed by atoms with Gasteiger partial charge >= 0.3 is 0 Å². The molecule has 0 amide bonds. The predicted octanol–water partition coefficient (Wildman–Crippen LogP) is 2.08. The molecule has 1 atom stereocenters. The minimum absolute atomic E-state index is 0.164. The summed E-state index contributed by atoms with van der Waals surface area (Å²) in [5, 5.41) is 0.299. The summed E-state index contributed by atoms with van der Waals surface area (Å²) < 4.78 is 11.0. The average Bonchev–Trinajstić information content (AvgIpc) is 2.29. The van der Waals surface area contributed by atoms with E-state index in [0.717, 1.165) is 19.4 Å². The van der Waals surface area contributed by atoms with Crippen molar-refractivity contribution in [2.24, 2.45) is 0 Å². The van der Waals surface area contributed by atoms with E-state index >= 15 is 0 Å². The summed E-state index contributed by atoms with van der Waals surface area (Å²) in [6.07, 6.45) is 6.63. The van der Waals surface area contributed by atoms with Crippen molar-refractivity contribution < 1.29 is 9.47 Å². The first-order valence-corrected chi connectivity index (χ1v) is 5.45. The van der Waals surface area contributed by atoms with Gasteiger partial charge in [0.05, 0.1) is 6.10 Å². The van der Waals surface area contributed by atoms with Crippen molar-refractivity contribution in [3.63, 3.8) is 0 Å². The predicted molar refractivity (Wildman–Crippen MR) is 56.1 cm³/mol. The smallest absolute Gasteiger partial charge is 0.252 e. The van der Waals surface area contributed by atoms with Gasteiger partial charge in [-0.05, 0) is 19.3 Å². The molecule has 4 nitrogen and oxygen atoms in total. The molecule has 0 saturated carbocycles. The summed E-state index contributed by atoms with van der Waals surface area (Å²) in [6.45, 7) is 1.32. The molecule has 1 aliphatic heterocycles. The lowest BCUT2D eigenvalue weighted by Crippen LogP contribution is -2.26. The fraction of sp³-hybridized carbons (Fsp3) is 0.600. The number of halogens is 1. The standard InChI is InChI=1S/C10H13ClN2O2/c11-9-10(13-5-4-12-9)15-7-8-3-1-2-6-14-8/h4-5,8H,1-3,6-7H2. The molecule has 0 aliphatic carbocycles. The molecule has 2 rings (SSSR count). The summed E-state index contributed by atoms with van der Waals surface area (Å²) >= 11 is 5.80. The van der Waals surface area contributed by atoms with Crippen LogP contribution in [0.2, 0.25) is 5.15 Å². The van der Waals surface area contributed by atoms with Gasteiger partial charge < -0.3 is 9.47 Å². The van der Waals surface area contributed by atoms with Gasteiger partial charge in [-0.15, -0.1) is 0 Å². The Bertz CT molecular complexity index is 316. The molecular formula is C10H13ClN2O2. The normalized spacial score (nSPS) is 21.3. The largest absolute Gasteiger partial charge is 0.473 e. The second kappa shape index (κ2) is 5.28. The molecule has 15 heavy (non-hydrogen) atoms. The monoisotopic (exact) mass is 228 g/mol. The maximum absolute atomic E-state index is 5.80. The zero-order chi connectivity index (χ0) is 10.5. The van der Waals surface area contributed by atoms with E-state index in [1.54, 1.807) is 6.20 Å². The first kappa shape index (κ1) is 10.6. The highest BCUT2D eigenvalue weighted by Gasteiger charge is 2.15. The first-order valence-electron chi connectivity index (χ1n) is 5.07. The molecule has 1 aromatic heterocycles. The van der Waals surface area contributed by atoms with Crippen molar-refractivity contribution in [1.82, 2.24) is 9.97 Å². The van der Waals surface area contributed by atoms with E-state index in [1.807, 2.05) is 0 Å². The van der Waals surface area contributed by atoms with Crippen LogP contribution < -0.4 is 4.74 Å². The van der Waals surface area contributed by atoms with Crippen LogP contribution in [0.1, 0.15) is 19.3 Å². The Kier molecular flexibility index (Phi) is 3.75. The van der Waals surface area contributed by atoms with Crippen molar-refractivity contribution in [1.29, 1.82) is 0 Å². The lowest BCUT2D eigenvalue weighted by Gasteiger charge is -2.22. The van der Waals surface area contributed by atoms with E-state index in [1.165, 1.54) is 12.6 Å². The van der Waals surface area contributed by atoms with Crippen LogP contribution in [0.4, 0.5) is 0 Å². The Hall–Kier alpha value is -0.870. The van der Waals surface area contributed by atoms with E-state index in [-0.39, 0.29) is 6.10 Å². The van der Waals surface area contributed by atoms with Gasteiger partial charge in [0, 0.05) is 19.0 Å². The van der Waals surface area contributed by atoms with Crippen molar-refractivity contribution in [3.8, 4) is 5.88 Å². The molecule has 5 heteroatoms. The van der Waals surface area contributed by atoms with Crippen molar-refractivity contribution in [2.45, 2.75) is 25.4 Å². The first-order chi connectivity index (χ1) is 7.36. The number of aromatic nitrogens is 2. The molecule has 0 aromatic carbocycles. The Labute approximate surface area is 93.6 Å². The average molecular weight is 229 g/mol. The summed E-state index contributed by atoms with van der Waals surface area (Å²) in [7, 11) is 0. The van der Waals surface area contributed by atoms with E-state index < -0.39 is 0 Å². The fourth-order valence-electron chi connectivity index (χ4n) is 1.52. The van der Waals surface area contributed by atoms with Gasteiger partial charge in [-0.2, -0.15) is 0 Å². The zero-order valence-electron chi connectivity index (χ0n) is 8.36. The van der Waals surface area contributed by atoms with Crippen molar-refractivity contribution in [3.05, 3.63) is 17.5 Å². The Balaban J connectivity index is 1.84. The van der Waals surface area contributed by atoms with Gasteiger partial charge in [-0.3, -0.25) is 0 Å². The van der Waals surface area contributed by atoms with E-state index in [9.17, 15) is 0 Å². The van der Waals surface area contributed by atoms with Crippen molar-refractivity contribution >= 4 is 11.6 Å². The zero-order valence-corrected chi connectivity index (χ0v) is 9.11. The van der Waals surface area contributed by atoms with Crippen LogP contribution in [-0.2, 0) is 4.74 Å². The van der Waals surface area contributed by atoms with Crippen LogP contribution in [-0.4, -0.2) is 29.3 Å². The minimum atomic E-state index is 0.164. The molecule has 2 heterocycles. The lowest BCUT2D eigenvalue weighted by molar-refractivity contribution is -0.0119. The summed E-state index contributed by atoms with van der Waals surface area (Å²) in [4.78, 5) is 7.87. The highest BCUT2D eigenvalue weighted by atomic mass is 35.5. The van der Waals surface area contributed by atoms with Crippen LogP contribution in [0, 0.1) is 0 Å². The maximum Gasteiger partial charge on any atom is 0.252 e. The Morgan fingerprint density at radius 3 is 3.00 bits per heavy atom. The molecule has 0 spiro atoms. The van der Waals surface area contributed by atoms with Gasteiger partial charge in [-0.25, -0.2) is 9.97 Å². The molecule has 0 bridgehead atoms. The Morgan fingerprint density at radius 1 is 1.40 bits per heavy atom. The van der Waals surface area contributed by atoms with E-state index in [4.69, 9.17) is 21.1 Å². The van der Waals surface area contributed by atoms with Crippen LogP contribution >= 0.6 is 11.6 Å². The summed E-state index contributed by atoms with van der Waals surface area (Å²) in [5.41, 5.74) is 0. The van der Waals surface area contributed by atoms with Crippen LogP contribution in [0.25, 0.3) is 0 Å². The van der Waals surface area contributed by atoms with Crippen molar-refractivity contribution in [2.75, 3.05) is 13.2 Å². The third-order valence-electron chi connectivity index (χ3n) is 2.30. The van der Waals surface area contributed by atoms with Gasteiger partial charge in [0.2, 0.25) is 0 Å². The summed E-state index contributed by atoms with van der Waals surface area (Å²) in [6, 6.07) is 0. The fourth-order valence-corrected chi connectivity index (χ4v) is 1.68. The molecule has 1 aliphatic rings. The molecule has 0 radical (unpaired) electrons. The third kappa shape index (κ3) is 3.04. The number of hydrogen-bond acceptors (Lipinski definition) is 4. The van der Waals surface area contributed by atoms with Gasteiger partial charge in [0.25, 0.3) is 5.88 Å². The molecule has 1 unspecified atom stereocenters. The van der Waals surface area contributed by atoms with Gasteiger partial charge in [0.15, 0.2) is 5.15 Å². The van der Waals surface area contributed by atoms with Crippen LogP contribution in [0.15, 0.2) is 12.4 Å². The molecule has 0 N–H and O–H groups in total. The molecule has 1 aromatic rings. The lowest BCUT2D eigenvalue weighted by atomic mass is 10.1. The number of hydrogen-bond donors (Lipinski definition) is 0. The van der Waals surface area contributed by atoms with Gasteiger partial charge in [0.1, 0.15) is 6.61 Å².